The summed E-state index contributed by atoms with van der Waals surface area (Å²) in [6.07, 6.45) is 12.6. The van der Waals surface area contributed by atoms with Crippen LogP contribution in [-0.4, -0.2) is 56.7 Å². The lowest BCUT2D eigenvalue weighted by atomic mass is 9.93. The van der Waals surface area contributed by atoms with E-state index >= 15 is 0 Å². The fraction of sp³-hybridized carbons (Fsp3) is 0.583. The first-order valence-corrected chi connectivity index (χ1v) is 12.4. The first kappa shape index (κ1) is 22.3. The monoisotopic (exact) mass is 470 g/mol. The van der Waals surface area contributed by atoms with E-state index < -0.39 is 6.23 Å². The summed E-state index contributed by atoms with van der Waals surface area (Å²) in [5.74, 6) is 1.04. The predicted octanol–water partition coefficient (Wildman–Crippen LogP) is 4.08. The number of amides is 1. The molecule has 176 valence electrons. The van der Waals surface area contributed by atoms with Crippen molar-refractivity contribution in [2.75, 3.05) is 29.9 Å². The molecule has 3 aliphatic rings. The molecule has 2 unspecified atom stereocenters. The van der Waals surface area contributed by atoms with Crippen molar-refractivity contribution >= 4 is 34.8 Å². The molecule has 4 heterocycles. The fourth-order valence-electron chi connectivity index (χ4n) is 5.39. The summed E-state index contributed by atoms with van der Waals surface area (Å²) in [6, 6.07) is 1.95. The highest BCUT2D eigenvalue weighted by Crippen LogP contribution is 2.34. The summed E-state index contributed by atoms with van der Waals surface area (Å²) in [7, 11) is 0. The van der Waals surface area contributed by atoms with Gasteiger partial charge in [0.05, 0.1) is 40.7 Å². The minimum Gasteiger partial charge on any atom is -0.374 e. The molecule has 2 aromatic heterocycles. The Bertz CT molecular complexity index is 999. The van der Waals surface area contributed by atoms with Crippen molar-refractivity contribution in [2.45, 2.75) is 63.5 Å². The summed E-state index contributed by atoms with van der Waals surface area (Å²) in [4.78, 5) is 30.3. The van der Waals surface area contributed by atoms with E-state index in [9.17, 15) is 9.90 Å². The Morgan fingerprint density at radius 1 is 1.06 bits per heavy atom. The summed E-state index contributed by atoms with van der Waals surface area (Å²) in [6.45, 7) is 2.29. The van der Waals surface area contributed by atoms with Gasteiger partial charge in [0.25, 0.3) is 0 Å². The molecule has 8 nitrogen and oxygen atoms in total. The molecule has 2 saturated heterocycles. The Labute approximate surface area is 199 Å². The van der Waals surface area contributed by atoms with E-state index in [4.69, 9.17) is 16.6 Å². The first-order valence-electron chi connectivity index (χ1n) is 12.1. The molecule has 0 radical (unpaired) electrons. The molecule has 2 aliphatic heterocycles. The average Bonchev–Trinajstić information content (AvgIpc) is 3.52. The predicted molar refractivity (Wildman–Crippen MR) is 128 cm³/mol. The second kappa shape index (κ2) is 9.81. The van der Waals surface area contributed by atoms with Crippen LogP contribution < -0.4 is 10.2 Å². The smallest absolute Gasteiger partial charge is 0.227 e. The van der Waals surface area contributed by atoms with Gasteiger partial charge in [-0.15, -0.1) is 0 Å². The summed E-state index contributed by atoms with van der Waals surface area (Å²) in [5, 5.41) is 13.9. The number of aliphatic hydroxyl groups excluding tert-OH is 1. The van der Waals surface area contributed by atoms with Crippen molar-refractivity contribution in [3.8, 4) is 0 Å². The van der Waals surface area contributed by atoms with Crippen LogP contribution in [0.25, 0.3) is 0 Å². The lowest BCUT2D eigenvalue weighted by Gasteiger charge is -2.34. The van der Waals surface area contributed by atoms with Gasteiger partial charge in [0.1, 0.15) is 6.23 Å². The second-order valence-corrected chi connectivity index (χ2v) is 9.81. The van der Waals surface area contributed by atoms with Gasteiger partial charge >= 0.3 is 0 Å². The van der Waals surface area contributed by atoms with Crippen LogP contribution in [0.4, 0.5) is 17.3 Å². The Hall–Kier alpha value is -2.45. The average molecular weight is 471 g/mol. The van der Waals surface area contributed by atoms with Crippen LogP contribution >= 0.6 is 11.6 Å². The number of pyridine rings is 1. The van der Waals surface area contributed by atoms with E-state index in [1.165, 1.54) is 0 Å². The molecular formula is C24H31ClN6O2. The van der Waals surface area contributed by atoms with Crippen molar-refractivity contribution in [1.82, 2.24) is 19.9 Å². The molecule has 3 fully saturated rings. The number of nitrogens with one attached hydrogen (secondary N) is 1. The number of hydrogen-bond donors (Lipinski definition) is 2. The zero-order valence-electron chi connectivity index (χ0n) is 18.8. The van der Waals surface area contributed by atoms with Gasteiger partial charge in [0.2, 0.25) is 11.9 Å². The van der Waals surface area contributed by atoms with Gasteiger partial charge in [-0.1, -0.05) is 24.4 Å². The third-order valence-electron chi connectivity index (χ3n) is 7.13. The highest BCUT2D eigenvalue weighted by Gasteiger charge is 2.32. The Morgan fingerprint density at radius 2 is 1.88 bits per heavy atom. The molecule has 2 N–H and O–H groups in total. The first-order chi connectivity index (χ1) is 16.1. The maximum atomic E-state index is 13.0. The molecule has 5 rings (SSSR count). The second-order valence-electron chi connectivity index (χ2n) is 9.40. The third-order valence-corrected chi connectivity index (χ3v) is 7.42. The summed E-state index contributed by atoms with van der Waals surface area (Å²) >= 11 is 6.51. The molecule has 1 aliphatic carbocycles. The number of aliphatic hydroxyl groups is 1. The van der Waals surface area contributed by atoms with Crippen LogP contribution in [0.1, 0.15) is 63.0 Å². The van der Waals surface area contributed by atoms with E-state index in [0.717, 1.165) is 81.5 Å². The van der Waals surface area contributed by atoms with Gasteiger partial charge in [0.15, 0.2) is 0 Å². The molecule has 2 aromatic rings. The molecule has 1 amide bonds. The number of hydrogen-bond acceptors (Lipinski definition) is 7. The van der Waals surface area contributed by atoms with Gasteiger partial charge in [-0.25, -0.2) is 9.97 Å². The lowest BCUT2D eigenvalue weighted by molar-refractivity contribution is -0.136. The lowest BCUT2D eigenvalue weighted by Crippen LogP contribution is -2.42. The number of likely N-dealkylation sites (tertiary alicyclic amines) is 1. The van der Waals surface area contributed by atoms with Gasteiger partial charge < -0.3 is 20.2 Å². The highest BCUT2D eigenvalue weighted by molar-refractivity contribution is 6.31. The molecule has 1 saturated carbocycles. The van der Waals surface area contributed by atoms with Crippen LogP contribution in [0.15, 0.2) is 24.7 Å². The number of nitrogens with zero attached hydrogens (tertiary/aromatic N) is 5. The molecule has 2 atom stereocenters. The number of carbonyl (C=O) groups is 1. The highest BCUT2D eigenvalue weighted by atomic mass is 35.5. The van der Waals surface area contributed by atoms with Crippen LogP contribution in [0.3, 0.4) is 0 Å². The summed E-state index contributed by atoms with van der Waals surface area (Å²) < 4.78 is 0. The molecule has 0 spiro atoms. The topological polar surface area (TPSA) is 94.5 Å². The maximum absolute atomic E-state index is 13.0. The number of piperidine rings is 1. The van der Waals surface area contributed by atoms with Crippen molar-refractivity contribution in [2.24, 2.45) is 5.92 Å². The van der Waals surface area contributed by atoms with Gasteiger partial charge in [0, 0.05) is 31.5 Å². The Kier molecular flexibility index (Phi) is 6.64. The molecule has 0 aromatic carbocycles. The standard InChI is InChI=1S/C24H31ClN6O2/c25-20-14-27-24(28-18-11-19(13-26-12-18)31-10-4-8-21(31)32)29-22(20)17-7-3-9-30(15-17)23(33)16-5-1-2-6-16/h11-14,16-17,21,32H,1-10,15H2,(H,27,28,29). The SMILES string of the molecule is O=C(C1CCCC1)N1CCCC(c2nc(Nc3cncc(N4CCCC4O)c3)ncc2Cl)C1. The Balaban J connectivity index is 1.31. The molecular weight excluding hydrogens is 440 g/mol. The van der Waals surface area contributed by atoms with E-state index in [2.05, 4.69) is 15.3 Å². The van der Waals surface area contributed by atoms with Gasteiger partial charge in [-0.2, -0.15) is 0 Å². The maximum Gasteiger partial charge on any atom is 0.227 e. The minimum absolute atomic E-state index is 0.101. The molecule has 9 heteroatoms. The van der Waals surface area contributed by atoms with Crippen molar-refractivity contribution < 1.29 is 9.90 Å². The van der Waals surface area contributed by atoms with Crippen molar-refractivity contribution in [3.05, 3.63) is 35.4 Å². The normalized spacial score (nSPS) is 23.8. The number of halogens is 1. The van der Waals surface area contributed by atoms with E-state index in [1.807, 2.05) is 15.9 Å². The van der Waals surface area contributed by atoms with Gasteiger partial charge in [-0.3, -0.25) is 9.78 Å². The molecule has 33 heavy (non-hydrogen) atoms. The number of rotatable bonds is 5. The van der Waals surface area contributed by atoms with E-state index in [1.54, 1.807) is 18.6 Å². The number of carbonyl (C=O) groups excluding carboxylic acids is 1. The zero-order chi connectivity index (χ0) is 22.8. The third kappa shape index (κ3) is 4.92. The van der Waals surface area contributed by atoms with E-state index in [0.29, 0.717) is 23.4 Å². The number of aromatic nitrogens is 3. The minimum atomic E-state index is -0.471. The summed E-state index contributed by atoms with van der Waals surface area (Å²) in [5.41, 5.74) is 2.41. The van der Waals surface area contributed by atoms with Crippen LogP contribution in [0.5, 0.6) is 0 Å². The zero-order valence-corrected chi connectivity index (χ0v) is 19.5. The largest absolute Gasteiger partial charge is 0.374 e. The van der Waals surface area contributed by atoms with Crippen molar-refractivity contribution in [3.63, 3.8) is 0 Å². The Morgan fingerprint density at radius 3 is 2.67 bits per heavy atom. The van der Waals surface area contributed by atoms with Gasteiger partial charge in [-0.05, 0) is 44.6 Å². The van der Waals surface area contributed by atoms with Crippen LogP contribution in [0, 0.1) is 5.92 Å². The fourth-order valence-corrected chi connectivity index (χ4v) is 5.64. The van der Waals surface area contributed by atoms with Crippen LogP contribution in [0.2, 0.25) is 5.02 Å². The van der Waals surface area contributed by atoms with Crippen molar-refractivity contribution in [1.29, 1.82) is 0 Å². The quantitative estimate of drug-likeness (QED) is 0.679. The number of anilines is 3. The van der Waals surface area contributed by atoms with E-state index in [-0.39, 0.29) is 11.8 Å². The van der Waals surface area contributed by atoms with Crippen LogP contribution in [-0.2, 0) is 4.79 Å². The molecule has 0 bridgehead atoms.